The third kappa shape index (κ3) is 4.80. The third-order valence-electron chi connectivity index (χ3n) is 3.70. The molecule has 0 aliphatic heterocycles. The molecule has 1 unspecified atom stereocenters. The molecule has 0 fully saturated rings. The first-order valence-electron chi connectivity index (χ1n) is 7.90. The van der Waals surface area contributed by atoms with Crippen molar-refractivity contribution >= 4 is 21.6 Å². The Kier molecular flexibility index (Phi) is 6.17. The van der Waals surface area contributed by atoms with Crippen LogP contribution in [0, 0.1) is 0 Å². The van der Waals surface area contributed by atoms with Gasteiger partial charge < -0.3 is 10.1 Å². The van der Waals surface area contributed by atoms with Crippen LogP contribution in [0.4, 0.5) is 5.69 Å². The maximum atomic E-state index is 12.7. The molecule has 25 heavy (non-hydrogen) atoms. The van der Waals surface area contributed by atoms with Crippen molar-refractivity contribution in [3.05, 3.63) is 54.1 Å². The molecular weight excluding hydrogens is 340 g/mol. The SMILES string of the molecule is CCC(NS(=O)(=O)c1ccc(OC)c(NC(C)=O)c1)c1ccccc1. The second kappa shape index (κ2) is 8.13. The number of benzene rings is 2. The Hall–Kier alpha value is -2.38. The fourth-order valence-corrected chi connectivity index (χ4v) is 3.80. The van der Waals surface area contributed by atoms with E-state index >= 15 is 0 Å². The molecule has 0 aliphatic carbocycles. The minimum absolute atomic E-state index is 0.0615. The number of amides is 1. The van der Waals surface area contributed by atoms with Gasteiger partial charge in [0.2, 0.25) is 15.9 Å². The number of anilines is 1. The van der Waals surface area contributed by atoms with Gasteiger partial charge in [0, 0.05) is 13.0 Å². The van der Waals surface area contributed by atoms with Crippen molar-refractivity contribution < 1.29 is 17.9 Å². The van der Waals surface area contributed by atoms with Crippen molar-refractivity contribution in [1.82, 2.24) is 4.72 Å². The van der Waals surface area contributed by atoms with Gasteiger partial charge in [-0.2, -0.15) is 0 Å². The van der Waals surface area contributed by atoms with Crippen LogP contribution >= 0.6 is 0 Å². The molecule has 134 valence electrons. The summed E-state index contributed by atoms with van der Waals surface area (Å²) < 4.78 is 33.4. The lowest BCUT2D eigenvalue weighted by Crippen LogP contribution is -2.28. The lowest BCUT2D eigenvalue weighted by molar-refractivity contribution is -0.114. The molecule has 2 rings (SSSR count). The van der Waals surface area contributed by atoms with Gasteiger partial charge in [0.25, 0.3) is 0 Å². The summed E-state index contributed by atoms with van der Waals surface area (Å²) in [5.41, 5.74) is 1.20. The van der Waals surface area contributed by atoms with Crippen LogP contribution in [0.1, 0.15) is 31.9 Å². The number of hydrogen-bond acceptors (Lipinski definition) is 4. The summed E-state index contributed by atoms with van der Waals surface area (Å²) in [5.74, 6) is 0.0841. The van der Waals surface area contributed by atoms with Crippen LogP contribution in [-0.2, 0) is 14.8 Å². The zero-order valence-electron chi connectivity index (χ0n) is 14.4. The number of methoxy groups -OCH3 is 1. The highest BCUT2D eigenvalue weighted by Gasteiger charge is 2.21. The summed E-state index contributed by atoms with van der Waals surface area (Å²) in [5, 5.41) is 2.58. The van der Waals surface area contributed by atoms with E-state index in [1.807, 2.05) is 37.3 Å². The van der Waals surface area contributed by atoms with Gasteiger partial charge in [-0.3, -0.25) is 4.79 Å². The number of sulfonamides is 1. The first-order chi connectivity index (χ1) is 11.9. The maximum Gasteiger partial charge on any atom is 0.241 e. The summed E-state index contributed by atoms with van der Waals surface area (Å²) in [6.45, 7) is 3.26. The molecule has 2 aromatic carbocycles. The zero-order chi connectivity index (χ0) is 18.4. The quantitative estimate of drug-likeness (QED) is 0.793. The summed E-state index contributed by atoms with van der Waals surface area (Å²) in [6, 6.07) is 13.4. The van der Waals surface area contributed by atoms with Gasteiger partial charge in [-0.1, -0.05) is 37.3 Å². The highest BCUT2D eigenvalue weighted by molar-refractivity contribution is 7.89. The van der Waals surface area contributed by atoms with Gasteiger partial charge in [0.1, 0.15) is 5.75 Å². The second-order valence-electron chi connectivity index (χ2n) is 5.54. The molecule has 0 radical (unpaired) electrons. The summed E-state index contributed by atoms with van der Waals surface area (Å²) in [6.07, 6.45) is 0.609. The Labute approximate surface area is 148 Å². The number of carbonyl (C=O) groups excluding carboxylic acids is 1. The Morgan fingerprint density at radius 1 is 1.16 bits per heavy atom. The molecule has 0 bridgehead atoms. The van der Waals surface area contributed by atoms with E-state index in [-0.39, 0.29) is 16.8 Å². The highest BCUT2D eigenvalue weighted by atomic mass is 32.2. The van der Waals surface area contributed by atoms with Crippen molar-refractivity contribution in [1.29, 1.82) is 0 Å². The lowest BCUT2D eigenvalue weighted by atomic mass is 10.1. The standard InChI is InChI=1S/C18H22N2O4S/c1-4-16(14-8-6-5-7-9-14)20-25(22,23)15-10-11-18(24-3)17(12-15)19-13(2)21/h5-12,16,20H,4H2,1-3H3,(H,19,21). The molecule has 0 spiro atoms. The topological polar surface area (TPSA) is 84.5 Å². The minimum Gasteiger partial charge on any atom is -0.495 e. The summed E-state index contributed by atoms with van der Waals surface area (Å²) >= 11 is 0. The van der Waals surface area contributed by atoms with Crippen LogP contribution < -0.4 is 14.8 Å². The van der Waals surface area contributed by atoms with Crippen molar-refractivity contribution in [3.63, 3.8) is 0 Å². The number of nitrogens with one attached hydrogen (secondary N) is 2. The molecule has 2 N–H and O–H groups in total. The van der Waals surface area contributed by atoms with Crippen molar-refractivity contribution in [2.75, 3.05) is 12.4 Å². The van der Waals surface area contributed by atoms with Crippen LogP contribution in [0.2, 0.25) is 0 Å². The average molecular weight is 362 g/mol. The van der Waals surface area contributed by atoms with Gasteiger partial charge in [0.05, 0.1) is 17.7 Å². The molecule has 6 nitrogen and oxygen atoms in total. The molecule has 1 atom stereocenters. The van der Waals surface area contributed by atoms with E-state index in [4.69, 9.17) is 4.74 Å². The molecule has 0 aromatic heterocycles. The first kappa shape index (κ1) is 19.0. The van der Waals surface area contributed by atoms with Crippen LogP contribution in [0.25, 0.3) is 0 Å². The van der Waals surface area contributed by atoms with Gasteiger partial charge in [0.15, 0.2) is 0 Å². The van der Waals surface area contributed by atoms with E-state index in [2.05, 4.69) is 10.0 Å². The van der Waals surface area contributed by atoms with E-state index in [1.54, 1.807) is 0 Å². The van der Waals surface area contributed by atoms with Crippen LogP contribution in [0.3, 0.4) is 0 Å². The largest absolute Gasteiger partial charge is 0.495 e. The molecule has 7 heteroatoms. The first-order valence-corrected chi connectivity index (χ1v) is 9.38. The van der Waals surface area contributed by atoms with E-state index < -0.39 is 10.0 Å². The fraction of sp³-hybridized carbons (Fsp3) is 0.278. The van der Waals surface area contributed by atoms with E-state index in [9.17, 15) is 13.2 Å². The Morgan fingerprint density at radius 2 is 1.84 bits per heavy atom. The van der Waals surface area contributed by atoms with E-state index in [0.29, 0.717) is 17.9 Å². The number of carbonyl (C=O) groups is 1. The Bertz CT molecular complexity index is 835. The Morgan fingerprint density at radius 3 is 2.40 bits per heavy atom. The predicted octanol–water partition coefficient (Wildman–Crippen LogP) is 3.08. The molecule has 2 aromatic rings. The third-order valence-corrected chi connectivity index (χ3v) is 5.17. The number of hydrogen-bond donors (Lipinski definition) is 2. The zero-order valence-corrected chi connectivity index (χ0v) is 15.3. The lowest BCUT2D eigenvalue weighted by Gasteiger charge is -2.18. The van der Waals surface area contributed by atoms with Crippen LogP contribution in [0.5, 0.6) is 5.75 Å². The number of ether oxygens (including phenoxy) is 1. The molecular formula is C18H22N2O4S. The van der Waals surface area contributed by atoms with Crippen LogP contribution in [-0.4, -0.2) is 21.4 Å². The summed E-state index contributed by atoms with van der Waals surface area (Å²) in [4.78, 5) is 11.4. The monoisotopic (exact) mass is 362 g/mol. The smallest absolute Gasteiger partial charge is 0.241 e. The summed E-state index contributed by atoms with van der Waals surface area (Å²) in [7, 11) is -2.31. The van der Waals surface area contributed by atoms with Gasteiger partial charge in [-0.15, -0.1) is 0 Å². The molecule has 0 heterocycles. The van der Waals surface area contributed by atoms with Crippen molar-refractivity contribution in [3.8, 4) is 5.75 Å². The van der Waals surface area contributed by atoms with Crippen LogP contribution in [0.15, 0.2) is 53.4 Å². The molecule has 0 saturated heterocycles. The fourth-order valence-electron chi connectivity index (χ4n) is 2.47. The Balaban J connectivity index is 2.34. The molecule has 1 amide bonds. The van der Waals surface area contributed by atoms with Gasteiger partial charge in [-0.05, 0) is 30.2 Å². The maximum absolute atomic E-state index is 12.7. The van der Waals surface area contributed by atoms with E-state index in [0.717, 1.165) is 5.56 Å². The normalized spacial score (nSPS) is 12.4. The second-order valence-corrected chi connectivity index (χ2v) is 7.25. The average Bonchev–Trinajstić information content (AvgIpc) is 2.60. The molecule has 0 aliphatic rings. The predicted molar refractivity (Wildman–Crippen MR) is 97.1 cm³/mol. The van der Waals surface area contributed by atoms with Crippen molar-refractivity contribution in [2.24, 2.45) is 0 Å². The highest BCUT2D eigenvalue weighted by Crippen LogP contribution is 2.28. The number of rotatable bonds is 7. The molecule has 0 saturated carbocycles. The van der Waals surface area contributed by atoms with Crippen molar-refractivity contribution in [2.45, 2.75) is 31.2 Å². The van der Waals surface area contributed by atoms with Gasteiger partial charge in [-0.25, -0.2) is 13.1 Å². The van der Waals surface area contributed by atoms with E-state index in [1.165, 1.54) is 32.2 Å². The minimum atomic E-state index is -3.76. The van der Waals surface area contributed by atoms with Gasteiger partial charge >= 0.3 is 0 Å².